The SMILES string of the molecule is Cc1nn(Cc2ccccc2)c(C)c1C(=O)OCC(=O)NC1CCCCC1. The molecule has 1 aromatic carbocycles. The van der Waals surface area contributed by atoms with E-state index in [0.717, 1.165) is 36.9 Å². The summed E-state index contributed by atoms with van der Waals surface area (Å²) in [6, 6.07) is 10.2. The molecule has 1 N–H and O–H groups in total. The topological polar surface area (TPSA) is 73.2 Å². The minimum atomic E-state index is -0.497. The van der Waals surface area contributed by atoms with Gasteiger partial charge in [-0.2, -0.15) is 5.10 Å². The lowest BCUT2D eigenvalue weighted by atomic mass is 9.95. The van der Waals surface area contributed by atoms with Crippen LogP contribution in [0.25, 0.3) is 0 Å². The molecule has 27 heavy (non-hydrogen) atoms. The van der Waals surface area contributed by atoms with Gasteiger partial charge in [0.1, 0.15) is 5.56 Å². The summed E-state index contributed by atoms with van der Waals surface area (Å²) in [6.45, 7) is 3.97. The summed E-state index contributed by atoms with van der Waals surface area (Å²) in [4.78, 5) is 24.5. The summed E-state index contributed by atoms with van der Waals surface area (Å²) in [5, 5.41) is 7.42. The van der Waals surface area contributed by atoms with E-state index in [4.69, 9.17) is 4.74 Å². The van der Waals surface area contributed by atoms with Crippen molar-refractivity contribution in [2.75, 3.05) is 6.61 Å². The van der Waals surface area contributed by atoms with Crippen LogP contribution in [0.2, 0.25) is 0 Å². The highest BCUT2D eigenvalue weighted by atomic mass is 16.5. The van der Waals surface area contributed by atoms with Gasteiger partial charge in [0, 0.05) is 6.04 Å². The minimum absolute atomic E-state index is 0.210. The standard InChI is InChI=1S/C21H27N3O3/c1-15-20(16(2)24(23-15)13-17-9-5-3-6-10-17)21(26)27-14-19(25)22-18-11-7-4-8-12-18/h3,5-6,9-10,18H,4,7-8,11-14H2,1-2H3,(H,22,25). The van der Waals surface area contributed by atoms with E-state index in [2.05, 4.69) is 10.4 Å². The number of amides is 1. The van der Waals surface area contributed by atoms with Crippen LogP contribution in [0.5, 0.6) is 0 Å². The number of esters is 1. The Morgan fingerprint density at radius 3 is 2.56 bits per heavy atom. The maximum atomic E-state index is 12.5. The zero-order valence-corrected chi connectivity index (χ0v) is 16.0. The van der Waals surface area contributed by atoms with Crippen LogP contribution < -0.4 is 5.32 Å². The summed E-state index contributed by atoms with van der Waals surface area (Å²) in [7, 11) is 0. The summed E-state index contributed by atoms with van der Waals surface area (Å²) in [5.41, 5.74) is 2.90. The van der Waals surface area contributed by atoms with Crippen LogP contribution in [-0.4, -0.2) is 34.3 Å². The molecule has 6 nitrogen and oxygen atoms in total. The first-order valence-electron chi connectivity index (χ1n) is 9.59. The third kappa shape index (κ3) is 4.96. The Balaban J connectivity index is 1.58. The molecule has 1 aliphatic rings. The summed E-state index contributed by atoms with van der Waals surface area (Å²) < 4.78 is 7.05. The lowest BCUT2D eigenvalue weighted by molar-refractivity contribution is -0.125. The predicted molar refractivity (Wildman–Crippen MR) is 103 cm³/mol. The van der Waals surface area contributed by atoms with Crippen LogP contribution in [0.15, 0.2) is 30.3 Å². The molecule has 1 aliphatic carbocycles. The molecule has 1 aromatic heterocycles. The van der Waals surface area contributed by atoms with E-state index in [0.29, 0.717) is 17.8 Å². The van der Waals surface area contributed by atoms with Gasteiger partial charge in [0.25, 0.3) is 5.91 Å². The van der Waals surface area contributed by atoms with Gasteiger partial charge in [0.2, 0.25) is 0 Å². The molecule has 0 unspecified atom stereocenters. The van der Waals surface area contributed by atoms with E-state index in [1.54, 1.807) is 11.6 Å². The Morgan fingerprint density at radius 2 is 1.85 bits per heavy atom. The van der Waals surface area contributed by atoms with E-state index in [-0.39, 0.29) is 18.6 Å². The van der Waals surface area contributed by atoms with Crippen molar-refractivity contribution in [2.45, 2.75) is 58.5 Å². The molecular formula is C21H27N3O3. The number of carbonyl (C=O) groups is 2. The van der Waals surface area contributed by atoms with E-state index in [9.17, 15) is 9.59 Å². The molecular weight excluding hydrogens is 342 g/mol. The Morgan fingerprint density at radius 1 is 1.15 bits per heavy atom. The molecule has 0 bridgehead atoms. The molecule has 0 radical (unpaired) electrons. The Kier molecular flexibility index (Phi) is 6.27. The fourth-order valence-electron chi connectivity index (χ4n) is 3.62. The highest BCUT2D eigenvalue weighted by molar-refractivity contribution is 5.93. The van der Waals surface area contributed by atoms with Crippen molar-refractivity contribution in [1.82, 2.24) is 15.1 Å². The molecule has 0 aliphatic heterocycles. The molecule has 144 valence electrons. The zero-order valence-electron chi connectivity index (χ0n) is 16.0. The van der Waals surface area contributed by atoms with E-state index in [1.165, 1.54) is 6.42 Å². The molecule has 1 amide bonds. The van der Waals surface area contributed by atoms with Crippen LogP contribution >= 0.6 is 0 Å². The van der Waals surface area contributed by atoms with Gasteiger partial charge in [-0.3, -0.25) is 9.48 Å². The van der Waals surface area contributed by atoms with Gasteiger partial charge in [-0.05, 0) is 32.3 Å². The van der Waals surface area contributed by atoms with Crippen molar-refractivity contribution in [3.05, 3.63) is 52.8 Å². The van der Waals surface area contributed by atoms with E-state index >= 15 is 0 Å². The molecule has 2 aromatic rings. The molecule has 6 heteroatoms. The van der Waals surface area contributed by atoms with Gasteiger partial charge in [0.15, 0.2) is 6.61 Å². The van der Waals surface area contributed by atoms with Gasteiger partial charge in [-0.15, -0.1) is 0 Å². The molecule has 0 spiro atoms. The Labute approximate surface area is 159 Å². The summed E-state index contributed by atoms with van der Waals surface area (Å²) in [5.74, 6) is -0.731. The van der Waals surface area contributed by atoms with Crippen LogP contribution in [0.1, 0.15) is 59.4 Å². The van der Waals surface area contributed by atoms with Crippen molar-refractivity contribution in [3.63, 3.8) is 0 Å². The smallest absolute Gasteiger partial charge is 0.342 e. The first-order valence-corrected chi connectivity index (χ1v) is 9.59. The molecule has 1 heterocycles. The number of aromatic nitrogens is 2. The number of carbonyl (C=O) groups excluding carboxylic acids is 2. The first-order chi connectivity index (χ1) is 13.0. The number of hydrogen-bond donors (Lipinski definition) is 1. The number of ether oxygens (including phenoxy) is 1. The van der Waals surface area contributed by atoms with Crippen LogP contribution in [0, 0.1) is 13.8 Å². The third-order valence-electron chi connectivity index (χ3n) is 5.07. The molecule has 3 rings (SSSR count). The van der Waals surface area contributed by atoms with Crippen molar-refractivity contribution in [3.8, 4) is 0 Å². The number of hydrogen-bond acceptors (Lipinski definition) is 4. The van der Waals surface area contributed by atoms with Gasteiger partial charge in [0.05, 0.1) is 17.9 Å². The van der Waals surface area contributed by atoms with Crippen LogP contribution in [0.3, 0.4) is 0 Å². The molecule has 0 saturated heterocycles. The quantitative estimate of drug-likeness (QED) is 0.794. The number of nitrogens with one attached hydrogen (secondary N) is 1. The van der Waals surface area contributed by atoms with Gasteiger partial charge >= 0.3 is 5.97 Å². The highest BCUT2D eigenvalue weighted by Crippen LogP contribution is 2.18. The maximum Gasteiger partial charge on any atom is 0.342 e. The van der Waals surface area contributed by atoms with E-state index < -0.39 is 5.97 Å². The predicted octanol–water partition coefficient (Wildman–Crippen LogP) is 3.15. The number of aryl methyl sites for hydroxylation is 1. The number of benzene rings is 1. The average molecular weight is 369 g/mol. The molecule has 0 atom stereocenters. The second-order valence-corrected chi connectivity index (χ2v) is 7.17. The van der Waals surface area contributed by atoms with Gasteiger partial charge in [-0.25, -0.2) is 4.79 Å². The Bertz CT molecular complexity index is 793. The third-order valence-corrected chi connectivity index (χ3v) is 5.07. The number of rotatable bonds is 6. The van der Waals surface area contributed by atoms with Crippen LogP contribution in [0.4, 0.5) is 0 Å². The summed E-state index contributed by atoms with van der Waals surface area (Å²) >= 11 is 0. The first kappa shape index (κ1) is 19.1. The van der Waals surface area contributed by atoms with Crippen molar-refractivity contribution >= 4 is 11.9 Å². The monoisotopic (exact) mass is 369 g/mol. The molecule has 1 saturated carbocycles. The lowest BCUT2D eigenvalue weighted by Crippen LogP contribution is -2.38. The summed E-state index contributed by atoms with van der Waals surface area (Å²) in [6.07, 6.45) is 5.52. The second-order valence-electron chi connectivity index (χ2n) is 7.17. The fraction of sp³-hybridized carbons (Fsp3) is 0.476. The van der Waals surface area contributed by atoms with Crippen molar-refractivity contribution in [1.29, 1.82) is 0 Å². The van der Waals surface area contributed by atoms with Gasteiger partial charge < -0.3 is 10.1 Å². The Hall–Kier alpha value is -2.63. The van der Waals surface area contributed by atoms with E-state index in [1.807, 2.05) is 37.3 Å². The van der Waals surface area contributed by atoms with Crippen molar-refractivity contribution < 1.29 is 14.3 Å². The maximum absolute atomic E-state index is 12.5. The van der Waals surface area contributed by atoms with Crippen LogP contribution in [-0.2, 0) is 16.1 Å². The largest absolute Gasteiger partial charge is 0.452 e. The number of nitrogens with zero attached hydrogens (tertiary/aromatic N) is 2. The minimum Gasteiger partial charge on any atom is -0.452 e. The second kappa shape index (κ2) is 8.84. The average Bonchev–Trinajstić information content (AvgIpc) is 2.95. The normalized spacial score (nSPS) is 14.7. The lowest BCUT2D eigenvalue weighted by Gasteiger charge is -2.22. The van der Waals surface area contributed by atoms with Gasteiger partial charge in [-0.1, -0.05) is 49.6 Å². The van der Waals surface area contributed by atoms with Crippen molar-refractivity contribution in [2.24, 2.45) is 0 Å². The fourth-order valence-corrected chi connectivity index (χ4v) is 3.62. The highest BCUT2D eigenvalue weighted by Gasteiger charge is 2.22. The zero-order chi connectivity index (χ0) is 19.2. The molecule has 1 fully saturated rings.